The van der Waals surface area contributed by atoms with Gasteiger partial charge in [0.1, 0.15) is 12.6 Å². The van der Waals surface area contributed by atoms with Crippen molar-refractivity contribution in [3.05, 3.63) is 24.3 Å². The molecule has 0 saturated carbocycles. The lowest BCUT2D eigenvalue weighted by Gasteiger charge is -2.20. The van der Waals surface area contributed by atoms with E-state index in [0.717, 1.165) is 64.2 Å². The predicted molar refractivity (Wildman–Crippen MR) is 212 cm³/mol. The summed E-state index contributed by atoms with van der Waals surface area (Å²) in [5, 5.41) is 8.87. The fraction of sp³-hybridized carbons (Fsp3) is 0.829. The number of carbonyl (C=O) groups is 3. The predicted octanol–water partition coefficient (Wildman–Crippen LogP) is 10.7. The quantitative estimate of drug-likeness (QED) is 0.0235. The number of unbranched alkanes of at least 4 members (excludes halogenated alkanes) is 21. The maximum Gasteiger partial charge on any atom is 0.472 e. The van der Waals surface area contributed by atoms with E-state index in [9.17, 15) is 23.8 Å². The maximum atomic E-state index is 12.6. The second kappa shape index (κ2) is 36.9. The second-order valence-corrected chi connectivity index (χ2v) is 15.6. The lowest BCUT2D eigenvalue weighted by Crippen LogP contribution is -2.34. The third-order valence-corrected chi connectivity index (χ3v) is 9.87. The van der Waals surface area contributed by atoms with E-state index in [1.807, 2.05) is 0 Å². The summed E-state index contributed by atoms with van der Waals surface area (Å²) in [6, 6.07) is -1.52. The van der Waals surface area contributed by atoms with E-state index in [-0.39, 0.29) is 19.4 Å². The second-order valence-electron chi connectivity index (χ2n) is 14.1. The molecule has 0 aromatic carbocycles. The molecule has 11 nitrogen and oxygen atoms in total. The first kappa shape index (κ1) is 51.0. The Morgan fingerprint density at radius 2 is 0.943 bits per heavy atom. The van der Waals surface area contributed by atoms with E-state index in [1.54, 1.807) is 0 Å². The zero-order chi connectivity index (χ0) is 39.3. The minimum atomic E-state index is -4.71. The van der Waals surface area contributed by atoms with Gasteiger partial charge in [-0.2, -0.15) is 0 Å². The Morgan fingerprint density at radius 1 is 0.566 bits per heavy atom. The van der Waals surface area contributed by atoms with Gasteiger partial charge >= 0.3 is 25.7 Å². The average molecular weight is 774 g/mol. The monoisotopic (exact) mass is 774 g/mol. The molecule has 0 aliphatic carbocycles. The molecule has 310 valence electrons. The Hall–Kier alpha value is -2.04. The van der Waals surface area contributed by atoms with Crippen LogP contribution in [0.4, 0.5) is 0 Å². The van der Waals surface area contributed by atoms with Crippen molar-refractivity contribution >= 4 is 25.7 Å². The number of esters is 2. The summed E-state index contributed by atoms with van der Waals surface area (Å²) >= 11 is 0. The maximum absolute atomic E-state index is 12.6. The van der Waals surface area contributed by atoms with Gasteiger partial charge in [0.05, 0.1) is 13.2 Å². The van der Waals surface area contributed by atoms with Crippen molar-refractivity contribution in [3.63, 3.8) is 0 Å². The molecule has 0 aromatic heterocycles. The molecule has 1 unspecified atom stereocenters. The molecule has 0 radical (unpaired) electrons. The van der Waals surface area contributed by atoms with Crippen molar-refractivity contribution in [1.29, 1.82) is 0 Å². The number of hydrogen-bond donors (Lipinski definition) is 3. The van der Waals surface area contributed by atoms with Gasteiger partial charge in [0.2, 0.25) is 0 Å². The first-order valence-electron chi connectivity index (χ1n) is 20.9. The minimum Gasteiger partial charge on any atom is -0.480 e. The highest BCUT2D eigenvalue weighted by Crippen LogP contribution is 2.43. The zero-order valence-electron chi connectivity index (χ0n) is 33.4. The number of aliphatic carboxylic acids is 1. The molecule has 0 fully saturated rings. The van der Waals surface area contributed by atoms with Crippen molar-refractivity contribution < 1.29 is 47.5 Å². The third-order valence-electron chi connectivity index (χ3n) is 8.92. The van der Waals surface area contributed by atoms with Crippen LogP contribution in [0.15, 0.2) is 24.3 Å². The Labute approximate surface area is 321 Å². The number of carboxylic acid groups (broad SMARTS) is 1. The lowest BCUT2D eigenvalue weighted by molar-refractivity contribution is -0.161. The molecular weight excluding hydrogens is 697 g/mol. The number of hydrogen-bond acceptors (Lipinski definition) is 9. The number of allylic oxidation sites excluding steroid dienone is 4. The first-order chi connectivity index (χ1) is 25.6. The molecule has 0 amide bonds. The fourth-order valence-electron chi connectivity index (χ4n) is 5.58. The van der Waals surface area contributed by atoms with Crippen LogP contribution in [-0.2, 0) is 37.5 Å². The van der Waals surface area contributed by atoms with E-state index < -0.39 is 51.1 Å². The number of nitrogens with two attached hydrogens (primary N) is 1. The lowest BCUT2D eigenvalue weighted by atomic mass is 10.1. The molecule has 4 N–H and O–H groups in total. The van der Waals surface area contributed by atoms with Crippen molar-refractivity contribution in [2.24, 2.45) is 5.73 Å². The van der Waals surface area contributed by atoms with Crippen molar-refractivity contribution in [1.82, 2.24) is 0 Å². The number of phosphoric ester groups is 1. The minimum absolute atomic E-state index is 0.151. The number of ether oxygens (including phenoxy) is 2. The highest BCUT2D eigenvalue weighted by Gasteiger charge is 2.28. The van der Waals surface area contributed by atoms with Gasteiger partial charge in [0.25, 0.3) is 0 Å². The van der Waals surface area contributed by atoms with Crippen LogP contribution in [-0.4, -0.2) is 59.9 Å². The van der Waals surface area contributed by atoms with Gasteiger partial charge in [-0.25, -0.2) is 4.57 Å². The molecule has 53 heavy (non-hydrogen) atoms. The van der Waals surface area contributed by atoms with Gasteiger partial charge in [0.15, 0.2) is 6.10 Å². The van der Waals surface area contributed by atoms with Gasteiger partial charge in [-0.05, 0) is 64.2 Å². The highest BCUT2D eigenvalue weighted by atomic mass is 31.2. The zero-order valence-corrected chi connectivity index (χ0v) is 34.3. The van der Waals surface area contributed by atoms with Crippen molar-refractivity contribution in [3.8, 4) is 0 Å². The van der Waals surface area contributed by atoms with E-state index in [0.29, 0.717) is 12.8 Å². The Kier molecular flexibility index (Phi) is 35.5. The summed E-state index contributed by atoms with van der Waals surface area (Å²) in [4.78, 5) is 45.8. The van der Waals surface area contributed by atoms with Crippen LogP contribution in [0.5, 0.6) is 0 Å². The fourth-order valence-corrected chi connectivity index (χ4v) is 6.36. The van der Waals surface area contributed by atoms with Crippen LogP contribution in [0, 0.1) is 0 Å². The summed E-state index contributed by atoms with van der Waals surface area (Å²) < 4.78 is 32.6. The number of phosphoric acid groups is 1. The Balaban J connectivity index is 4.37. The summed E-state index contributed by atoms with van der Waals surface area (Å²) in [6.45, 7) is 2.76. The summed E-state index contributed by atoms with van der Waals surface area (Å²) in [7, 11) is -4.71. The van der Waals surface area contributed by atoms with E-state index in [1.165, 1.54) is 83.5 Å². The number of carboxylic acids is 1. The van der Waals surface area contributed by atoms with Gasteiger partial charge in [-0.15, -0.1) is 0 Å². The highest BCUT2D eigenvalue weighted by molar-refractivity contribution is 7.47. The summed E-state index contributed by atoms with van der Waals surface area (Å²) in [6.07, 6.45) is 36.7. The van der Waals surface area contributed by atoms with Crippen molar-refractivity contribution in [2.75, 3.05) is 19.8 Å². The molecular formula is C41H76NO10P. The topological polar surface area (TPSA) is 172 Å². The molecule has 0 rings (SSSR count). The smallest absolute Gasteiger partial charge is 0.472 e. The standard InChI is InChI=1S/C41H76NO10P/c1-3-5-7-9-11-13-15-17-18-19-20-21-23-24-26-28-30-32-39(43)49-34-37(35-50-53(47,48)51-36-38(42)41(45)46)52-40(44)33-31-29-27-25-22-16-14-12-10-8-6-4-2/h12,14,17-18,37-38H,3-11,13,15-16,19-36,42H2,1-2H3,(H,45,46)(H,47,48)/b14-12-,18-17-/t37-,38+/m1/s1. The molecule has 12 heteroatoms. The normalized spacial score (nSPS) is 14.0. The van der Waals surface area contributed by atoms with E-state index in [2.05, 4.69) is 42.7 Å². The molecule has 0 aliphatic rings. The third kappa shape index (κ3) is 36.7. The average Bonchev–Trinajstić information content (AvgIpc) is 3.13. The van der Waals surface area contributed by atoms with Crippen LogP contribution in [0.2, 0.25) is 0 Å². The molecule has 0 aromatic rings. The number of rotatable bonds is 39. The molecule has 0 bridgehead atoms. The van der Waals surface area contributed by atoms with Crippen LogP contribution in [0.25, 0.3) is 0 Å². The summed E-state index contributed by atoms with van der Waals surface area (Å²) in [5.74, 6) is -2.39. The van der Waals surface area contributed by atoms with Gasteiger partial charge in [0, 0.05) is 12.8 Å². The SMILES string of the molecule is CCCCC/C=C\CCCCCCCC(=O)O[C@H](COC(=O)CCCCCCCCC/C=C\CCCCCCCC)COP(=O)(O)OC[C@H](N)C(=O)O. The van der Waals surface area contributed by atoms with Gasteiger partial charge < -0.3 is 25.2 Å². The first-order valence-corrected chi connectivity index (χ1v) is 22.4. The largest absolute Gasteiger partial charge is 0.480 e. The molecule has 3 atom stereocenters. The number of carbonyl (C=O) groups excluding carboxylic acids is 2. The van der Waals surface area contributed by atoms with Crippen LogP contribution >= 0.6 is 7.82 Å². The van der Waals surface area contributed by atoms with Gasteiger partial charge in [-0.1, -0.05) is 134 Å². The summed E-state index contributed by atoms with van der Waals surface area (Å²) in [5.41, 5.74) is 5.32. The Morgan fingerprint density at radius 3 is 1.42 bits per heavy atom. The Bertz CT molecular complexity index is 1010. The van der Waals surface area contributed by atoms with Gasteiger partial charge in [-0.3, -0.25) is 23.4 Å². The van der Waals surface area contributed by atoms with Crippen LogP contribution in [0.1, 0.15) is 187 Å². The molecule has 0 heterocycles. The van der Waals surface area contributed by atoms with Crippen LogP contribution in [0.3, 0.4) is 0 Å². The van der Waals surface area contributed by atoms with Crippen LogP contribution < -0.4 is 5.73 Å². The van der Waals surface area contributed by atoms with E-state index in [4.69, 9.17) is 24.8 Å². The molecule has 0 spiro atoms. The van der Waals surface area contributed by atoms with E-state index >= 15 is 0 Å². The molecule has 0 saturated heterocycles. The molecule has 0 aliphatic heterocycles. The van der Waals surface area contributed by atoms with Crippen molar-refractivity contribution in [2.45, 2.75) is 199 Å².